The van der Waals surface area contributed by atoms with E-state index in [1.54, 1.807) is 21.4 Å². The molecule has 204 valence electrons. The maximum Gasteiger partial charge on any atom is 0.346 e. The number of rotatable bonds is 10. The first-order valence-corrected chi connectivity index (χ1v) is 13.4. The molecule has 7 heteroatoms. The van der Waals surface area contributed by atoms with E-state index in [0.29, 0.717) is 25.1 Å². The minimum atomic E-state index is -1.52. The summed E-state index contributed by atoms with van der Waals surface area (Å²) in [5.41, 5.74) is 5.86. The Morgan fingerprint density at radius 1 is 0.872 bits per heavy atom. The third-order valence-electron chi connectivity index (χ3n) is 7.08. The zero-order valence-electron chi connectivity index (χ0n) is 23.1. The fourth-order valence-electron chi connectivity index (χ4n) is 4.69. The summed E-state index contributed by atoms with van der Waals surface area (Å²) in [5.74, 6) is -0.449. The third-order valence-corrected chi connectivity index (χ3v) is 7.08. The van der Waals surface area contributed by atoms with Gasteiger partial charge in [-0.25, -0.2) is 14.3 Å². The molecule has 0 fully saturated rings. The van der Waals surface area contributed by atoms with Crippen molar-refractivity contribution < 1.29 is 15.0 Å². The van der Waals surface area contributed by atoms with Gasteiger partial charge in [0, 0.05) is 13.0 Å². The molecule has 1 unspecified atom stereocenters. The van der Waals surface area contributed by atoms with Crippen molar-refractivity contribution in [2.75, 3.05) is 0 Å². The van der Waals surface area contributed by atoms with E-state index in [1.165, 1.54) is 11.1 Å². The fraction of sp³-hybridized carbons (Fsp3) is 0.344. The minimum absolute atomic E-state index is 0.0707. The molecule has 1 heterocycles. The quantitative estimate of drug-likeness (QED) is 0.289. The monoisotopic (exact) mass is 527 g/mol. The molecule has 7 nitrogen and oxygen atoms in total. The van der Waals surface area contributed by atoms with E-state index in [0.717, 1.165) is 35.4 Å². The number of aliphatic hydroxyl groups excluding tert-OH is 1. The number of hydrogen-bond acceptors (Lipinski definition) is 4. The van der Waals surface area contributed by atoms with Crippen molar-refractivity contribution in [2.45, 2.75) is 71.6 Å². The normalized spacial score (nSPS) is 12.4. The largest absolute Gasteiger partial charge is 0.479 e. The summed E-state index contributed by atoms with van der Waals surface area (Å²) in [6.07, 6.45) is 0.937. The van der Waals surface area contributed by atoms with E-state index in [9.17, 15) is 14.7 Å². The molecule has 3 aromatic carbocycles. The molecule has 0 bridgehead atoms. The second-order valence-corrected chi connectivity index (χ2v) is 11.0. The van der Waals surface area contributed by atoms with Crippen molar-refractivity contribution >= 4 is 5.97 Å². The molecule has 1 atom stereocenters. The Bertz CT molecular complexity index is 1460. The maximum atomic E-state index is 13.0. The van der Waals surface area contributed by atoms with Gasteiger partial charge in [-0.1, -0.05) is 93.6 Å². The first-order chi connectivity index (χ1) is 18.6. The molecule has 0 radical (unpaired) electrons. The van der Waals surface area contributed by atoms with Crippen LogP contribution in [0.3, 0.4) is 0 Å². The van der Waals surface area contributed by atoms with Gasteiger partial charge in [-0.2, -0.15) is 5.10 Å². The van der Waals surface area contributed by atoms with Crippen LogP contribution in [0, 0.1) is 0 Å². The maximum absolute atomic E-state index is 13.0. The van der Waals surface area contributed by atoms with Crippen LogP contribution in [0.1, 0.15) is 68.3 Å². The van der Waals surface area contributed by atoms with E-state index in [1.807, 2.05) is 31.2 Å². The van der Waals surface area contributed by atoms with Gasteiger partial charge in [-0.15, -0.1) is 0 Å². The number of aliphatic carboxylic acids is 1. The average molecular weight is 528 g/mol. The van der Waals surface area contributed by atoms with Crippen LogP contribution in [0.15, 0.2) is 77.6 Å². The topological polar surface area (TPSA) is 97.3 Å². The first kappa shape index (κ1) is 28.0. The highest BCUT2D eigenvalue weighted by Gasteiger charge is 2.16. The van der Waals surface area contributed by atoms with Crippen molar-refractivity contribution in [2.24, 2.45) is 0 Å². The molecular formula is C32H37N3O4. The van der Waals surface area contributed by atoms with Crippen LogP contribution in [0.25, 0.3) is 11.1 Å². The van der Waals surface area contributed by atoms with Crippen molar-refractivity contribution in [1.29, 1.82) is 0 Å². The molecule has 2 N–H and O–H groups in total. The molecule has 0 saturated heterocycles. The Hall–Kier alpha value is -3.97. The number of hydrogen-bond donors (Lipinski definition) is 2. The smallest absolute Gasteiger partial charge is 0.346 e. The van der Waals surface area contributed by atoms with Crippen LogP contribution >= 0.6 is 0 Å². The Kier molecular flexibility index (Phi) is 8.51. The van der Waals surface area contributed by atoms with E-state index in [-0.39, 0.29) is 11.1 Å². The summed E-state index contributed by atoms with van der Waals surface area (Å²) >= 11 is 0. The van der Waals surface area contributed by atoms with Crippen molar-refractivity contribution in [3.05, 3.63) is 111 Å². The van der Waals surface area contributed by atoms with Crippen LogP contribution in [0.5, 0.6) is 0 Å². The molecule has 0 aliphatic rings. The van der Waals surface area contributed by atoms with Crippen LogP contribution in [-0.4, -0.2) is 30.5 Å². The van der Waals surface area contributed by atoms with Crippen LogP contribution in [0.4, 0.5) is 0 Å². The lowest BCUT2D eigenvalue weighted by atomic mass is 9.87. The molecule has 1 aromatic heterocycles. The highest BCUT2D eigenvalue weighted by atomic mass is 16.4. The van der Waals surface area contributed by atoms with E-state index in [4.69, 9.17) is 5.11 Å². The summed E-state index contributed by atoms with van der Waals surface area (Å²) in [4.78, 5) is 23.9. The number of carboxylic acids is 1. The lowest BCUT2D eigenvalue weighted by Crippen LogP contribution is -2.25. The van der Waals surface area contributed by atoms with Crippen molar-refractivity contribution in [3.8, 4) is 11.1 Å². The van der Waals surface area contributed by atoms with Gasteiger partial charge in [-0.3, -0.25) is 4.57 Å². The van der Waals surface area contributed by atoms with Gasteiger partial charge in [0.2, 0.25) is 0 Å². The number of carbonyl (C=O) groups is 1. The summed E-state index contributed by atoms with van der Waals surface area (Å²) in [6.45, 7) is 9.59. The van der Waals surface area contributed by atoms with Gasteiger partial charge in [-0.05, 0) is 58.6 Å². The van der Waals surface area contributed by atoms with Crippen LogP contribution in [-0.2, 0) is 36.1 Å². The zero-order valence-corrected chi connectivity index (χ0v) is 23.1. The van der Waals surface area contributed by atoms with Gasteiger partial charge in [0.1, 0.15) is 5.82 Å². The summed E-state index contributed by atoms with van der Waals surface area (Å²) in [5, 5.41) is 23.3. The van der Waals surface area contributed by atoms with Crippen LogP contribution in [0.2, 0.25) is 0 Å². The third kappa shape index (κ3) is 6.73. The number of carboxylic acid groups (broad SMARTS) is 1. The van der Waals surface area contributed by atoms with Gasteiger partial charge < -0.3 is 10.2 Å². The summed E-state index contributed by atoms with van der Waals surface area (Å²) in [7, 11) is 0. The molecule has 0 spiro atoms. The molecule has 39 heavy (non-hydrogen) atoms. The predicted octanol–water partition coefficient (Wildman–Crippen LogP) is 5.37. The average Bonchev–Trinajstić information content (AvgIpc) is 3.22. The van der Waals surface area contributed by atoms with Gasteiger partial charge in [0.15, 0.2) is 6.10 Å². The van der Waals surface area contributed by atoms with Crippen molar-refractivity contribution in [3.63, 3.8) is 0 Å². The minimum Gasteiger partial charge on any atom is -0.479 e. The Morgan fingerprint density at radius 2 is 1.44 bits per heavy atom. The SMILES string of the molecule is CCn1c(CCCc2ccc(-c3ccc(C(O)C(=O)O)cc3)cc2)nn(Cc2ccc(C(C)(C)C)cc2)c1=O. The Labute approximate surface area is 229 Å². The number of aryl methyl sites for hydroxylation is 2. The number of nitrogens with zero attached hydrogens (tertiary/aromatic N) is 3. The molecule has 0 amide bonds. The summed E-state index contributed by atoms with van der Waals surface area (Å²) < 4.78 is 3.33. The van der Waals surface area contributed by atoms with Crippen LogP contribution < -0.4 is 5.69 Å². The lowest BCUT2D eigenvalue weighted by molar-refractivity contribution is -0.146. The number of aromatic nitrogens is 3. The Morgan fingerprint density at radius 3 is 1.97 bits per heavy atom. The van der Waals surface area contributed by atoms with E-state index < -0.39 is 12.1 Å². The molecule has 0 aliphatic carbocycles. The standard InChI is InChI=1S/C32H37N3O4/c1-5-34-28(33-35(31(34)39)21-23-11-19-27(20-12-23)32(2,3)4)8-6-7-22-9-13-24(14-10-22)25-15-17-26(18-16-25)29(36)30(37)38/h9-20,29,36H,5-8,21H2,1-4H3,(H,37,38). The summed E-state index contributed by atoms with van der Waals surface area (Å²) in [6, 6.07) is 23.6. The molecular weight excluding hydrogens is 490 g/mol. The van der Waals surface area contributed by atoms with E-state index >= 15 is 0 Å². The number of aliphatic hydroxyl groups is 1. The lowest BCUT2D eigenvalue weighted by Gasteiger charge is -2.19. The molecule has 0 saturated carbocycles. The predicted molar refractivity (Wildman–Crippen MR) is 153 cm³/mol. The fourth-order valence-corrected chi connectivity index (χ4v) is 4.69. The number of benzene rings is 3. The van der Waals surface area contributed by atoms with Gasteiger partial charge >= 0.3 is 11.7 Å². The zero-order chi connectivity index (χ0) is 28.2. The molecule has 0 aliphatic heterocycles. The van der Waals surface area contributed by atoms with Crippen molar-refractivity contribution in [1.82, 2.24) is 14.3 Å². The Balaban J connectivity index is 1.37. The van der Waals surface area contributed by atoms with Gasteiger partial charge in [0.25, 0.3) is 0 Å². The second kappa shape index (κ2) is 11.8. The molecule has 4 rings (SSSR count). The second-order valence-electron chi connectivity index (χ2n) is 11.0. The molecule has 4 aromatic rings. The van der Waals surface area contributed by atoms with E-state index in [2.05, 4.69) is 62.3 Å². The first-order valence-electron chi connectivity index (χ1n) is 13.4. The van der Waals surface area contributed by atoms with Gasteiger partial charge in [0.05, 0.1) is 6.54 Å². The highest BCUT2D eigenvalue weighted by Crippen LogP contribution is 2.24. The highest BCUT2D eigenvalue weighted by molar-refractivity contribution is 5.74.